The minimum atomic E-state index is -0.355. The van der Waals surface area contributed by atoms with E-state index in [2.05, 4.69) is 0 Å². The third kappa shape index (κ3) is 2.08. The van der Waals surface area contributed by atoms with Crippen molar-refractivity contribution in [3.8, 4) is 0 Å². The van der Waals surface area contributed by atoms with E-state index in [-0.39, 0.29) is 30.2 Å². The van der Waals surface area contributed by atoms with Crippen molar-refractivity contribution < 1.29 is 14.0 Å². The molecule has 0 saturated heterocycles. The first kappa shape index (κ1) is 10.7. The second kappa shape index (κ2) is 4.00. The lowest BCUT2D eigenvalue weighted by atomic mass is 9.90. The number of carbonyl (C=O) groups excluding carboxylic acids is 2. The van der Waals surface area contributed by atoms with Crippen LogP contribution in [0.2, 0.25) is 0 Å². The van der Waals surface area contributed by atoms with Crippen LogP contribution in [-0.4, -0.2) is 11.6 Å². The molecule has 0 spiro atoms. The Morgan fingerprint density at radius 3 is 2.62 bits per heavy atom. The number of allylic oxidation sites excluding steroid dienone is 2. The Morgan fingerprint density at radius 1 is 1.19 bits per heavy atom. The van der Waals surface area contributed by atoms with Crippen molar-refractivity contribution in [2.24, 2.45) is 0 Å². The van der Waals surface area contributed by atoms with Gasteiger partial charge in [-0.15, -0.1) is 0 Å². The van der Waals surface area contributed by atoms with Crippen LogP contribution in [0.15, 0.2) is 24.3 Å². The summed E-state index contributed by atoms with van der Waals surface area (Å²) < 4.78 is 13.1. The SMILES string of the molecule is Cc1ccc(F)cc1C1=CC(=O)CC(=O)C1. The van der Waals surface area contributed by atoms with Gasteiger partial charge in [-0.1, -0.05) is 6.07 Å². The maximum absolute atomic E-state index is 13.1. The van der Waals surface area contributed by atoms with Gasteiger partial charge in [0.25, 0.3) is 0 Å². The standard InChI is InChI=1S/C13H11FO2/c1-8-2-3-10(14)6-13(8)9-4-11(15)7-12(16)5-9/h2-4,6H,5,7H2,1H3. The molecule has 1 aromatic rings. The highest BCUT2D eigenvalue weighted by Gasteiger charge is 2.19. The van der Waals surface area contributed by atoms with E-state index in [4.69, 9.17) is 0 Å². The molecule has 0 N–H and O–H groups in total. The fourth-order valence-electron chi connectivity index (χ4n) is 1.88. The molecule has 0 atom stereocenters. The molecule has 0 heterocycles. The third-order valence-electron chi connectivity index (χ3n) is 2.64. The molecule has 1 aliphatic carbocycles. The second-order valence-electron chi connectivity index (χ2n) is 3.99. The molecule has 2 nitrogen and oxygen atoms in total. The Bertz CT molecular complexity index is 501. The van der Waals surface area contributed by atoms with Crippen LogP contribution in [0.4, 0.5) is 4.39 Å². The predicted octanol–water partition coefficient (Wildman–Crippen LogP) is 2.45. The van der Waals surface area contributed by atoms with Gasteiger partial charge in [0, 0.05) is 6.42 Å². The number of halogens is 1. The minimum absolute atomic E-state index is 0.0299. The van der Waals surface area contributed by atoms with Crippen LogP contribution in [0.25, 0.3) is 5.57 Å². The zero-order valence-electron chi connectivity index (χ0n) is 8.92. The van der Waals surface area contributed by atoms with Crippen molar-refractivity contribution in [1.29, 1.82) is 0 Å². The Labute approximate surface area is 92.8 Å². The van der Waals surface area contributed by atoms with Gasteiger partial charge in [-0.3, -0.25) is 9.59 Å². The first-order chi connectivity index (χ1) is 7.56. The second-order valence-corrected chi connectivity index (χ2v) is 3.99. The number of ketones is 2. The van der Waals surface area contributed by atoms with Gasteiger partial charge in [0.2, 0.25) is 0 Å². The van der Waals surface area contributed by atoms with Crippen molar-refractivity contribution in [3.05, 3.63) is 41.2 Å². The van der Waals surface area contributed by atoms with Crippen LogP contribution in [0.5, 0.6) is 0 Å². The number of aryl methyl sites for hydroxylation is 1. The number of Topliss-reactive ketones (excluding diaryl/α,β-unsaturated/α-hetero) is 1. The molecule has 0 bridgehead atoms. The highest BCUT2D eigenvalue weighted by molar-refractivity contribution is 6.14. The predicted molar refractivity (Wildman–Crippen MR) is 58.4 cm³/mol. The highest BCUT2D eigenvalue weighted by atomic mass is 19.1. The molecule has 0 unspecified atom stereocenters. The lowest BCUT2D eigenvalue weighted by molar-refractivity contribution is -0.124. The molecule has 1 aromatic carbocycles. The van der Waals surface area contributed by atoms with Crippen LogP contribution in [0.3, 0.4) is 0 Å². The summed E-state index contributed by atoms with van der Waals surface area (Å²) in [6.07, 6.45) is 1.64. The van der Waals surface area contributed by atoms with Gasteiger partial charge in [0.15, 0.2) is 5.78 Å². The molecule has 2 rings (SSSR count). The van der Waals surface area contributed by atoms with Gasteiger partial charge in [-0.25, -0.2) is 4.39 Å². The van der Waals surface area contributed by atoms with Crippen LogP contribution in [-0.2, 0) is 9.59 Å². The largest absolute Gasteiger partial charge is 0.299 e. The fourth-order valence-corrected chi connectivity index (χ4v) is 1.88. The van der Waals surface area contributed by atoms with Crippen molar-refractivity contribution in [2.45, 2.75) is 19.8 Å². The van der Waals surface area contributed by atoms with Gasteiger partial charge in [-0.05, 0) is 41.8 Å². The van der Waals surface area contributed by atoms with E-state index in [1.807, 2.05) is 6.92 Å². The average Bonchev–Trinajstić information content (AvgIpc) is 2.20. The van der Waals surface area contributed by atoms with Gasteiger partial charge >= 0.3 is 0 Å². The minimum Gasteiger partial charge on any atom is -0.299 e. The third-order valence-corrected chi connectivity index (χ3v) is 2.64. The molecule has 0 amide bonds. The molecule has 0 aliphatic heterocycles. The molecule has 0 radical (unpaired) electrons. The molecule has 0 saturated carbocycles. The fraction of sp³-hybridized carbons (Fsp3) is 0.231. The van der Waals surface area contributed by atoms with Gasteiger partial charge in [0.05, 0.1) is 6.42 Å². The quantitative estimate of drug-likeness (QED) is 0.678. The smallest absolute Gasteiger partial charge is 0.163 e. The van der Waals surface area contributed by atoms with Gasteiger partial charge < -0.3 is 0 Å². The maximum atomic E-state index is 13.1. The van der Waals surface area contributed by atoms with E-state index >= 15 is 0 Å². The number of hydrogen-bond acceptors (Lipinski definition) is 2. The van der Waals surface area contributed by atoms with Crippen LogP contribution < -0.4 is 0 Å². The average molecular weight is 218 g/mol. The Balaban J connectivity index is 2.47. The number of hydrogen-bond donors (Lipinski definition) is 0. The van der Waals surface area contributed by atoms with E-state index in [0.29, 0.717) is 11.1 Å². The number of carbonyl (C=O) groups is 2. The summed E-state index contributed by atoms with van der Waals surface area (Å²) in [4.78, 5) is 22.6. The molecule has 0 fully saturated rings. The van der Waals surface area contributed by atoms with E-state index in [9.17, 15) is 14.0 Å². The summed E-state index contributed by atoms with van der Waals surface area (Å²) in [6.45, 7) is 1.83. The molecule has 0 aromatic heterocycles. The van der Waals surface area contributed by atoms with Gasteiger partial charge in [0.1, 0.15) is 11.6 Å². The van der Waals surface area contributed by atoms with Crippen LogP contribution in [0, 0.1) is 12.7 Å². The Hall–Kier alpha value is -1.77. The lowest BCUT2D eigenvalue weighted by Gasteiger charge is -2.13. The Kier molecular flexibility index (Phi) is 2.69. The molecule has 1 aliphatic rings. The molecule has 82 valence electrons. The van der Waals surface area contributed by atoms with E-state index in [1.54, 1.807) is 6.07 Å². The number of rotatable bonds is 1. The summed E-state index contributed by atoms with van der Waals surface area (Å²) in [6, 6.07) is 4.38. The van der Waals surface area contributed by atoms with Crippen molar-refractivity contribution in [3.63, 3.8) is 0 Å². The van der Waals surface area contributed by atoms with E-state index in [0.717, 1.165) is 5.56 Å². The van der Waals surface area contributed by atoms with E-state index in [1.165, 1.54) is 18.2 Å². The first-order valence-electron chi connectivity index (χ1n) is 5.08. The first-order valence-corrected chi connectivity index (χ1v) is 5.08. The molecule has 16 heavy (non-hydrogen) atoms. The summed E-state index contributed by atoms with van der Waals surface area (Å²) in [5, 5.41) is 0. The highest BCUT2D eigenvalue weighted by Crippen LogP contribution is 2.26. The molecular weight excluding hydrogens is 207 g/mol. The normalized spacial score (nSPS) is 16.2. The van der Waals surface area contributed by atoms with Gasteiger partial charge in [-0.2, -0.15) is 0 Å². The van der Waals surface area contributed by atoms with Crippen LogP contribution in [0.1, 0.15) is 24.0 Å². The monoisotopic (exact) mass is 218 g/mol. The number of benzene rings is 1. The zero-order valence-corrected chi connectivity index (χ0v) is 8.92. The summed E-state index contributed by atoms with van der Waals surface area (Å²) >= 11 is 0. The van der Waals surface area contributed by atoms with Crippen molar-refractivity contribution >= 4 is 17.1 Å². The zero-order chi connectivity index (χ0) is 11.7. The molecular formula is C13H11FO2. The van der Waals surface area contributed by atoms with E-state index < -0.39 is 0 Å². The summed E-state index contributed by atoms with van der Waals surface area (Å²) in [5.74, 6) is -0.659. The van der Waals surface area contributed by atoms with Crippen molar-refractivity contribution in [2.75, 3.05) is 0 Å². The maximum Gasteiger partial charge on any atom is 0.163 e. The van der Waals surface area contributed by atoms with Crippen LogP contribution >= 0.6 is 0 Å². The summed E-state index contributed by atoms with van der Waals surface area (Å²) in [7, 11) is 0. The lowest BCUT2D eigenvalue weighted by Crippen LogP contribution is -2.13. The van der Waals surface area contributed by atoms with Crippen molar-refractivity contribution in [1.82, 2.24) is 0 Å². The molecule has 3 heteroatoms. The topological polar surface area (TPSA) is 34.1 Å². The summed E-state index contributed by atoms with van der Waals surface area (Å²) in [5.41, 5.74) is 2.15. The Morgan fingerprint density at radius 2 is 1.94 bits per heavy atom.